The predicted molar refractivity (Wildman–Crippen MR) is 88.1 cm³/mol. The zero-order valence-electron chi connectivity index (χ0n) is 12.1. The number of aromatic nitrogens is 1. The van der Waals surface area contributed by atoms with Crippen LogP contribution in [0.15, 0.2) is 46.9 Å². The van der Waals surface area contributed by atoms with Crippen LogP contribution in [-0.4, -0.2) is 29.4 Å². The quantitative estimate of drug-likeness (QED) is 0.902. The van der Waals surface area contributed by atoms with E-state index in [1.165, 1.54) is 0 Å². The summed E-state index contributed by atoms with van der Waals surface area (Å²) in [6.45, 7) is 2.94. The Hall–Kier alpha value is -1.72. The van der Waals surface area contributed by atoms with Crippen LogP contribution in [0.4, 0.5) is 5.82 Å². The molecule has 1 aromatic heterocycles. The van der Waals surface area contributed by atoms with Gasteiger partial charge in [0.1, 0.15) is 5.82 Å². The van der Waals surface area contributed by atoms with Crippen LogP contribution in [0.3, 0.4) is 0 Å². The monoisotopic (exact) mass is 347 g/mol. The summed E-state index contributed by atoms with van der Waals surface area (Å²) in [7, 11) is 1.92. The highest BCUT2D eigenvalue weighted by Crippen LogP contribution is 2.13. The van der Waals surface area contributed by atoms with Gasteiger partial charge in [0.2, 0.25) is 5.91 Å². The molecule has 1 amide bonds. The molecule has 0 aliphatic rings. The Morgan fingerprint density at radius 3 is 2.76 bits per heavy atom. The Kier molecular flexibility index (Phi) is 5.47. The lowest BCUT2D eigenvalue weighted by molar-refractivity contribution is -0.117. The zero-order valence-corrected chi connectivity index (χ0v) is 13.7. The molecular weight excluding hydrogens is 330 g/mol. The molecule has 2 aromatic rings. The number of rotatable bonds is 5. The van der Waals surface area contributed by atoms with Crippen LogP contribution < -0.4 is 5.32 Å². The first kappa shape index (κ1) is 15.7. The molecule has 0 atom stereocenters. The van der Waals surface area contributed by atoms with Gasteiger partial charge in [0.25, 0.3) is 0 Å². The summed E-state index contributed by atoms with van der Waals surface area (Å²) in [4.78, 5) is 18.2. The van der Waals surface area contributed by atoms with Crippen molar-refractivity contribution in [1.29, 1.82) is 0 Å². The minimum atomic E-state index is -0.0643. The molecule has 0 saturated heterocycles. The van der Waals surface area contributed by atoms with Crippen LogP contribution in [0.1, 0.15) is 11.3 Å². The number of aryl methyl sites for hydroxylation is 1. The third-order valence-corrected chi connectivity index (χ3v) is 3.40. The molecule has 1 N–H and O–H groups in total. The molecule has 0 radical (unpaired) electrons. The Labute approximate surface area is 133 Å². The fraction of sp³-hybridized carbons (Fsp3) is 0.250. The number of benzene rings is 1. The Morgan fingerprint density at radius 2 is 2.05 bits per heavy atom. The molecule has 0 bridgehead atoms. The molecule has 0 aliphatic heterocycles. The van der Waals surface area contributed by atoms with E-state index in [0.717, 1.165) is 15.7 Å². The van der Waals surface area contributed by atoms with Gasteiger partial charge < -0.3 is 5.32 Å². The smallest absolute Gasteiger partial charge is 0.239 e. The molecule has 4 nitrogen and oxygen atoms in total. The van der Waals surface area contributed by atoms with Crippen LogP contribution in [0.2, 0.25) is 0 Å². The molecule has 2 rings (SSSR count). The highest BCUT2D eigenvalue weighted by atomic mass is 79.9. The third kappa shape index (κ3) is 5.28. The molecule has 0 saturated carbocycles. The maximum atomic E-state index is 12.0. The van der Waals surface area contributed by atoms with Crippen molar-refractivity contribution >= 4 is 27.7 Å². The van der Waals surface area contributed by atoms with Gasteiger partial charge in [0, 0.05) is 16.7 Å². The average Bonchev–Trinajstić information content (AvgIpc) is 2.38. The molecule has 21 heavy (non-hydrogen) atoms. The maximum absolute atomic E-state index is 12.0. The normalized spacial score (nSPS) is 10.7. The zero-order chi connectivity index (χ0) is 15.2. The lowest BCUT2D eigenvalue weighted by Gasteiger charge is -2.16. The van der Waals surface area contributed by atoms with E-state index in [1.807, 2.05) is 49.2 Å². The number of nitrogens with zero attached hydrogens (tertiary/aromatic N) is 2. The largest absolute Gasteiger partial charge is 0.310 e. The number of carbonyl (C=O) groups is 1. The predicted octanol–water partition coefficient (Wildman–Crippen LogP) is 3.22. The SMILES string of the molecule is Cc1cccc(NC(=O)CN(C)Cc2cccc(Br)c2)n1. The number of pyridine rings is 1. The first-order chi connectivity index (χ1) is 10.0. The Morgan fingerprint density at radius 1 is 1.29 bits per heavy atom. The molecular formula is C16H18BrN3O. The summed E-state index contributed by atoms with van der Waals surface area (Å²) >= 11 is 3.45. The first-order valence-corrected chi connectivity index (χ1v) is 7.49. The molecule has 0 spiro atoms. The van der Waals surface area contributed by atoms with E-state index in [-0.39, 0.29) is 5.91 Å². The number of hydrogen-bond acceptors (Lipinski definition) is 3. The van der Waals surface area contributed by atoms with Crippen LogP contribution in [-0.2, 0) is 11.3 Å². The van der Waals surface area contributed by atoms with Crippen molar-refractivity contribution in [2.75, 3.05) is 18.9 Å². The van der Waals surface area contributed by atoms with E-state index in [2.05, 4.69) is 32.3 Å². The molecule has 0 aliphatic carbocycles. The number of carbonyl (C=O) groups excluding carboxylic acids is 1. The summed E-state index contributed by atoms with van der Waals surface area (Å²) in [5.74, 6) is 0.529. The molecule has 5 heteroatoms. The summed E-state index contributed by atoms with van der Waals surface area (Å²) in [5.41, 5.74) is 2.05. The van der Waals surface area contributed by atoms with E-state index in [0.29, 0.717) is 18.9 Å². The fourth-order valence-electron chi connectivity index (χ4n) is 2.04. The number of amides is 1. The second-order valence-electron chi connectivity index (χ2n) is 5.01. The lowest BCUT2D eigenvalue weighted by Crippen LogP contribution is -2.30. The van der Waals surface area contributed by atoms with E-state index in [9.17, 15) is 4.79 Å². The molecule has 0 unspecified atom stereocenters. The minimum absolute atomic E-state index is 0.0643. The average molecular weight is 348 g/mol. The van der Waals surface area contributed by atoms with E-state index in [1.54, 1.807) is 6.07 Å². The molecule has 110 valence electrons. The second kappa shape index (κ2) is 7.33. The molecule has 1 aromatic carbocycles. The van der Waals surface area contributed by atoms with Crippen LogP contribution in [0.5, 0.6) is 0 Å². The Balaban J connectivity index is 1.87. The fourth-order valence-corrected chi connectivity index (χ4v) is 2.49. The van der Waals surface area contributed by atoms with Gasteiger partial charge in [-0.3, -0.25) is 9.69 Å². The standard InChI is InChI=1S/C16H18BrN3O/c1-12-5-3-8-15(18-12)19-16(21)11-20(2)10-13-6-4-7-14(17)9-13/h3-9H,10-11H2,1-2H3,(H,18,19,21). The van der Waals surface area contributed by atoms with Gasteiger partial charge in [0.15, 0.2) is 0 Å². The van der Waals surface area contributed by atoms with Crippen molar-refractivity contribution in [3.8, 4) is 0 Å². The lowest BCUT2D eigenvalue weighted by atomic mass is 10.2. The summed E-state index contributed by atoms with van der Waals surface area (Å²) in [5, 5.41) is 2.81. The van der Waals surface area contributed by atoms with Crippen molar-refractivity contribution in [2.24, 2.45) is 0 Å². The summed E-state index contributed by atoms with van der Waals surface area (Å²) in [6.07, 6.45) is 0. The van der Waals surface area contributed by atoms with Crippen molar-refractivity contribution in [3.05, 3.63) is 58.2 Å². The number of anilines is 1. The minimum Gasteiger partial charge on any atom is -0.310 e. The number of nitrogens with one attached hydrogen (secondary N) is 1. The van der Waals surface area contributed by atoms with Crippen LogP contribution in [0, 0.1) is 6.92 Å². The third-order valence-electron chi connectivity index (χ3n) is 2.91. The number of hydrogen-bond donors (Lipinski definition) is 1. The van der Waals surface area contributed by atoms with E-state index >= 15 is 0 Å². The van der Waals surface area contributed by atoms with Crippen LogP contribution >= 0.6 is 15.9 Å². The second-order valence-corrected chi connectivity index (χ2v) is 5.93. The van der Waals surface area contributed by atoms with Crippen molar-refractivity contribution < 1.29 is 4.79 Å². The maximum Gasteiger partial charge on any atom is 0.239 e. The van der Waals surface area contributed by atoms with Gasteiger partial charge in [-0.1, -0.05) is 34.1 Å². The molecule has 0 fully saturated rings. The number of halogens is 1. The van der Waals surface area contributed by atoms with Gasteiger partial charge in [-0.15, -0.1) is 0 Å². The summed E-state index contributed by atoms with van der Waals surface area (Å²) < 4.78 is 1.04. The topological polar surface area (TPSA) is 45.2 Å². The van der Waals surface area contributed by atoms with Gasteiger partial charge in [0.05, 0.1) is 6.54 Å². The first-order valence-electron chi connectivity index (χ1n) is 6.69. The Bertz CT molecular complexity index is 630. The van der Waals surface area contributed by atoms with E-state index in [4.69, 9.17) is 0 Å². The molecule has 1 heterocycles. The number of likely N-dealkylation sites (N-methyl/N-ethyl adjacent to an activating group) is 1. The summed E-state index contributed by atoms with van der Waals surface area (Å²) in [6, 6.07) is 13.6. The van der Waals surface area contributed by atoms with Crippen molar-refractivity contribution in [3.63, 3.8) is 0 Å². The van der Waals surface area contributed by atoms with Gasteiger partial charge in [-0.25, -0.2) is 4.98 Å². The van der Waals surface area contributed by atoms with Gasteiger partial charge in [-0.2, -0.15) is 0 Å². The van der Waals surface area contributed by atoms with Crippen molar-refractivity contribution in [2.45, 2.75) is 13.5 Å². The highest BCUT2D eigenvalue weighted by Gasteiger charge is 2.08. The van der Waals surface area contributed by atoms with Gasteiger partial charge >= 0.3 is 0 Å². The highest BCUT2D eigenvalue weighted by molar-refractivity contribution is 9.10. The van der Waals surface area contributed by atoms with Crippen LogP contribution in [0.25, 0.3) is 0 Å². The van der Waals surface area contributed by atoms with Crippen molar-refractivity contribution in [1.82, 2.24) is 9.88 Å². The van der Waals surface area contributed by atoms with E-state index < -0.39 is 0 Å². The van der Waals surface area contributed by atoms with Gasteiger partial charge in [-0.05, 0) is 43.8 Å².